The van der Waals surface area contributed by atoms with Crippen LogP contribution in [0.15, 0.2) is 5.16 Å². The van der Waals surface area contributed by atoms with E-state index in [1.807, 2.05) is 0 Å². The topological polar surface area (TPSA) is 80.5 Å². The third-order valence-electron chi connectivity index (χ3n) is 10.5. The van der Waals surface area contributed by atoms with Gasteiger partial charge < -0.3 is 23.9 Å². The van der Waals surface area contributed by atoms with Crippen molar-refractivity contribution < 1.29 is 23.9 Å². The lowest BCUT2D eigenvalue weighted by Gasteiger charge is -2.63. The lowest BCUT2D eigenvalue weighted by atomic mass is 9.43. The highest BCUT2D eigenvalue weighted by atomic mass is 28.4. The molecule has 6 nitrogen and oxygen atoms in total. The number of fused-ring (bicyclic) bond motifs is 5. The zero-order valence-corrected chi connectivity index (χ0v) is 26.4. The van der Waals surface area contributed by atoms with Crippen molar-refractivity contribution in [1.82, 2.24) is 0 Å². The fourth-order valence-corrected chi connectivity index (χ4v) is 11.3. The quantitative estimate of drug-likeness (QED) is 0.243. The molecule has 0 aromatic carbocycles. The first-order chi connectivity index (χ1) is 16.6. The molecular weight excluding hydrogens is 486 g/mol. The Kier molecular flexibility index (Phi) is 7.77. The molecule has 9 unspecified atom stereocenters. The van der Waals surface area contributed by atoms with Gasteiger partial charge in [0.25, 0.3) is 0 Å². The Labute approximate surface area is 221 Å². The van der Waals surface area contributed by atoms with Crippen LogP contribution in [0, 0.1) is 34.5 Å². The summed E-state index contributed by atoms with van der Waals surface area (Å²) in [6, 6.07) is 0. The van der Waals surface area contributed by atoms with Gasteiger partial charge in [-0.2, -0.15) is 0 Å². The molecule has 4 rings (SSSR count). The minimum absolute atomic E-state index is 0.109. The van der Waals surface area contributed by atoms with E-state index >= 15 is 0 Å². The average molecular weight is 540 g/mol. The first-order valence-corrected chi connectivity index (χ1v) is 21.2. The first-order valence-electron chi connectivity index (χ1n) is 14.4. The van der Waals surface area contributed by atoms with Gasteiger partial charge in [-0.3, -0.25) is 0 Å². The maximum absolute atomic E-state index is 12.0. The molecule has 4 fully saturated rings. The minimum Gasteiger partial charge on any atom is -0.412 e. The first kappa shape index (κ1) is 28.7. The molecule has 4 saturated carbocycles. The van der Waals surface area contributed by atoms with E-state index in [-0.39, 0.29) is 23.0 Å². The summed E-state index contributed by atoms with van der Waals surface area (Å²) in [5.74, 6) is 1.76. The van der Waals surface area contributed by atoms with Crippen LogP contribution in [-0.2, 0) is 13.7 Å². The van der Waals surface area contributed by atoms with Crippen molar-refractivity contribution in [1.29, 1.82) is 0 Å². The summed E-state index contributed by atoms with van der Waals surface area (Å²) >= 11 is 0. The summed E-state index contributed by atoms with van der Waals surface area (Å²) in [4.78, 5) is 5.45. The summed E-state index contributed by atoms with van der Waals surface area (Å²) in [7, 11) is -2.16. The Morgan fingerprint density at radius 1 is 0.944 bits per heavy atom. The second-order valence-electron chi connectivity index (χ2n) is 14.9. The summed E-state index contributed by atoms with van der Waals surface area (Å²) in [5, 5.41) is 27.0. The summed E-state index contributed by atoms with van der Waals surface area (Å²) < 4.78 is 13.7. The third-order valence-corrected chi connectivity index (χ3v) is 12.5. The highest BCUT2D eigenvalue weighted by molar-refractivity contribution is 6.70. The van der Waals surface area contributed by atoms with Crippen molar-refractivity contribution in [3.8, 4) is 0 Å². The Bertz CT molecular complexity index is 841. The third kappa shape index (κ3) is 4.92. The SMILES string of the molecule is CO/N=C(\CO[Si](C)(C)C)C1(O[Si](C)(C)C)CCC2C3CCC4CC(O)CCC4(C)C3C(O)CC21C. The van der Waals surface area contributed by atoms with Crippen LogP contribution in [0.25, 0.3) is 0 Å². The van der Waals surface area contributed by atoms with E-state index in [0.717, 1.165) is 57.1 Å². The second kappa shape index (κ2) is 9.74. The Balaban J connectivity index is 1.74. The van der Waals surface area contributed by atoms with E-state index in [0.29, 0.717) is 30.3 Å². The van der Waals surface area contributed by atoms with Crippen LogP contribution in [0.2, 0.25) is 39.3 Å². The Morgan fingerprint density at radius 2 is 1.64 bits per heavy atom. The molecule has 0 saturated heterocycles. The van der Waals surface area contributed by atoms with E-state index in [2.05, 4.69) is 58.3 Å². The number of nitrogens with zero attached hydrogens (tertiary/aromatic N) is 1. The van der Waals surface area contributed by atoms with E-state index in [1.165, 1.54) is 0 Å². The predicted octanol–water partition coefficient (Wildman–Crippen LogP) is 5.81. The maximum atomic E-state index is 12.0. The second-order valence-corrected chi connectivity index (χ2v) is 23.8. The van der Waals surface area contributed by atoms with Gasteiger partial charge in [-0.1, -0.05) is 19.0 Å². The van der Waals surface area contributed by atoms with Gasteiger partial charge in [0.2, 0.25) is 0 Å². The van der Waals surface area contributed by atoms with Crippen LogP contribution in [0.1, 0.15) is 65.2 Å². The highest BCUT2D eigenvalue weighted by Gasteiger charge is 2.69. The number of hydrogen-bond acceptors (Lipinski definition) is 6. The normalized spacial score (nSPS) is 45.6. The molecule has 2 N–H and O–H groups in total. The number of hydrogen-bond donors (Lipinski definition) is 2. The van der Waals surface area contributed by atoms with Gasteiger partial charge in [-0.25, -0.2) is 0 Å². The fraction of sp³-hybridized carbons (Fsp3) is 0.964. The van der Waals surface area contributed by atoms with Crippen molar-refractivity contribution in [3.63, 3.8) is 0 Å². The van der Waals surface area contributed by atoms with Gasteiger partial charge in [-0.05, 0) is 120 Å². The van der Waals surface area contributed by atoms with Crippen LogP contribution in [0.4, 0.5) is 0 Å². The van der Waals surface area contributed by atoms with Crippen LogP contribution in [0.3, 0.4) is 0 Å². The number of aliphatic hydroxyl groups excluding tert-OH is 2. The van der Waals surface area contributed by atoms with Crippen LogP contribution in [0.5, 0.6) is 0 Å². The summed E-state index contributed by atoms with van der Waals surface area (Å²) in [5.41, 5.74) is 0.180. The molecule has 4 aliphatic rings. The molecule has 208 valence electrons. The van der Waals surface area contributed by atoms with Crippen molar-refractivity contribution in [2.45, 2.75) is 122 Å². The summed E-state index contributed by atoms with van der Waals surface area (Å²) in [6.45, 7) is 18.6. The molecule has 0 spiro atoms. The zero-order valence-electron chi connectivity index (χ0n) is 24.4. The fourth-order valence-electron chi connectivity index (χ4n) is 9.18. The van der Waals surface area contributed by atoms with Gasteiger partial charge in [0.1, 0.15) is 18.4 Å². The molecule has 0 radical (unpaired) electrons. The van der Waals surface area contributed by atoms with Crippen molar-refractivity contribution in [2.24, 2.45) is 39.7 Å². The standard InChI is InChI=1S/C28H53NO5Si2/c1-26-14-12-20(30)16-19(26)10-11-21-22-13-15-28(34-36(7,8)9,27(22,2)17-23(31)25(21)26)24(29-32-3)18-33-35(4,5)6/h19-23,25,30-31H,10-18H2,1-9H3/b29-24+. The molecule has 8 heteroatoms. The molecule has 0 aliphatic heterocycles. The van der Waals surface area contributed by atoms with Gasteiger partial charge >= 0.3 is 0 Å². The molecule has 9 atom stereocenters. The predicted molar refractivity (Wildman–Crippen MR) is 150 cm³/mol. The number of oxime groups is 1. The van der Waals surface area contributed by atoms with Crippen molar-refractivity contribution in [3.05, 3.63) is 0 Å². The van der Waals surface area contributed by atoms with Crippen molar-refractivity contribution in [2.75, 3.05) is 13.7 Å². The summed E-state index contributed by atoms with van der Waals surface area (Å²) in [6.07, 6.45) is 7.27. The van der Waals surface area contributed by atoms with E-state index in [4.69, 9.17) is 13.7 Å². The molecule has 0 heterocycles. The van der Waals surface area contributed by atoms with Crippen molar-refractivity contribution >= 4 is 22.3 Å². The number of rotatable bonds is 7. The molecule has 4 aliphatic carbocycles. The molecule has 0 aromatic rings. The largest absolute Gasteiger partial charge is 0.412 e. The molecule has 36 heavy (non-hydrogen) atoms. The Morgan fingerprint density at radius 3 is 2.25 bits per heavy atom. The smallest absolute Gasteiger partial charge is 0.185 e. The maximum Gasteiger partial charge on any atom is 0.185 e. The monoisotopic (exact) mass is 539 g/mol. The Hall–Kier alpha value is -0.256. The number of aliphatic hydroxyl groups is 2. The van der Waals surface area contributed by atoms with Gasteiger partial charge in [0.05, 0.1) is 18.8 Å². The van der Waals surface area contributed by atoms with Crippen LogP contribution >= 0.6 is 0 Å². The highest BCUT2D eigenvalue weighted by Crippen LogP contribution is 2.69. The van der Waals surface area contributed by atoms with E-state index < -0.39 is 22.2 Å². The van der Waals surface area contributed by atoms with Crippen LogP contribution < -0.4 is 0 Å². The molecule has 0 amide bonds. The van der Waals surface area contributed by atoms with E-state index in [1.54, 1.807) is 7.11 Å². The minimum atomic E-state index is -1.99. The zero-order chi connectivity index (χ0) is 26.7. The lowest BCUT2D eigenvalue weighted by molar-refractivity contribution is -0.188. The van der Waals surface area contributed by atoms with Gasteiger partial charge in [0.15, 0.2) is 16.6 Å². The molecule has 0 aromatic heterocycles. The van der Waals surface area contributed by atoms with E-state index in [9.17, 15) is 10.2 Å². The van der Waals surface area contributed by atoms with Crippen LogP contribution in [-0.4, -0.2) is 64.1 Å². The van der Waals surface area contributed by atoms with Gasteiger partial charge in [0, 0.05) is 5.41 Å². The van der Waals surface area contributed by atoms with Gasteiger partial charge in [-0.15, -0.1) is 0 Å². The lowest BCUT2D eigenvalue weighted by Crippen LogP contribution is -2.65. The average Bonchev–Trinajstić information content (AvgIpc) is 3.01. The molecular formula is C28H53NO5Si2. The molecule has 0 bridgehead atoms.